The fraction of sp³-hybridized carbons (Fsp3) is 0.148. The highest BCUT2D eigenvalue weighted by molar-refractivity contribution is 7.89. The molecule has 5 rings (SSSR count). The molecule has 2 aliphatic rings. The number of hydrogen-bond acceptors (Lipinski definition) is 5. The maximum absolute atomic E-state index is 13.2. The van der Waals surface area contributed by atoms with E-state index in [1.165, 1.54) is 10.4 Å². The van der Waals surface area contributed by atoms with E-state index in [9.17, 15) is 8.42 Å². The summed E-state index contributed by atoms with van der Waals surface area (Å²) in [5.41, 5.74) is 3.11. The van der Waals surface area contributed by atoms with Crippen molar-refractivity contribution in [2.75, 3.05) is 13.6 Å². The van der Waals surface area contributed by atoms with Crippen LogP contribution in [0.4, 0.5) is 5.69 Å². The zero-order chi connectivity index (χ0) is 24.4. The van der Waals surface area contributed by atoms with Crippen LogP contribution in [0, 0.1) is 0 Å². The van der Waals surface area contributed by atoms with Crippen LogP contribution >= 0.6 is 11.6 Å². The molecular formula is C27H24ClN3O3S. The van der Waals surface area contributed by atoms with Crippen LogP contribution in [-0.4, -0.2) is 37.1 Å². The van der Waals surface area contributed by atoms with Crippen LogP contribution in [-0.2, 0) is 23.1 Å². The Bertz CT molecular complexity index is 1430. The van der Waals surface area contributed by atoms with Crippen molar-refractivity contribution in [2.24, 2.45) is 4.99 Å². The summed E-state index contributed by atoms with van der Waals surface area (Å²) in [7, 11) is -2.20. The van der Waals surface area contributed by atoms with Gasteiger partial charge in [-0.1, -0.05) is 54.1 Å². The summed E-state index contributed by atoms with van der Waals surface area (Å²) in [5.74, 6) is 1.39. The van der Waals surface area contributed by atoms with Crippen LogP contribution in [0.15, 0.2) is 107 Å². The predicted octanol–water partition coefficient (Wildman–Crippen LogP) is 5.54. The number of hydrogen-bond donors (Lipinski definition) is 0. The molecule has 6 nitrogen and oxygen atoms in total. The van der Waals surface area contributed by atoms with Gasteiger partial charge in [-0.3, -0.25) is 4.31 Å². The first kappa shape index (κ1) is 23.2. The Kier molecular flexibility index (Phi) is 6.36. The first-order valence-corrected chi connectivity index (χ1v) is 13.0. The first-order valence-electron chi connectivity index (χ1n) is 11.2. The van der Waals surface area contributed by atoms with E-state index in [1.54, 1.807) is 25.3 Å². The molecule has 8 heteroatoms. The zero-order valence-corrected chi connectivity index (χ0v) is 20.7. The molecule has 0 N–H and O–H groups in total. The molecule has 0 atom stereocenters. The lowest BCUT2D eigenvalue weighted by Crippen LogP contribution is -2.38. The molecule has 0 unspecified atom stereocenters. The number of nitrogens with zero attached hydrogens (tertiary/aromatic N) is 3. The summed E-state index contributed by atoms with van der Waals surface area (Å²) in [4.78, 5) is 6.83. The number of amidine groups is 1. The van der Waals surface area contributed by atoms with Gasteiger partial charge in [0.05, 0.1) is 11.4 Å². The molecule has 2 heterocycles. The summed E-state index contributed by atoms with van der Waals surface area (Å²) >= 11 is 6.15. The van der Waals surface area contributed by atoms with E-state index < -0.39 is 10.0 Å². The molecule has 178 valence electrons. The Morgan fingerprint density at radius 1 is 0.971 bits per heavy atom. The smallest absolute Gasteiger partial charge is 0.266 e. The highest BCUT2D eigenvalue weighted by Crippen LogP contribution is 2.36. The van der Waals surface area contributed by atoms with Gasteiger partial charge in [0.1, 0.15) is 17.3 Å². The third kappa shape index (κ3) is 4.83. The van der Waals surface area contributed by atoms with E-state index in [2.05, 4.69) is 0 Å². The molecule has 35 heavy (non-hydrogen) atoms. The van der Waals surface area contributed by atoms with Gasteiger partial charge in [0, 0.05) is 24.8 Å². The van der Waals surface area contributed by atoms with Gasteiger partial charge in [-0.05, 0) is 60.0 Å². The van der Waals surface area contributed by atoms with Crippen molar-refractivity contribution in [1.29, 1.82) is 0 Å². The van der Waals surface area contributed by atoms with E-state index in [0.717, 1.165) is 23.3 Å². The van der Waals surface area contributed by atoms with Gasteiger partial charge >= 0.3 is 0 Å². The lowest BCUT2D eigenvalue weighted by molar-refractivity contribution is 0.306. The van der Waals surface area contributed by atoms with Crippen molar-refractivity contribution in [2.45, 2.75) is 17.9 Å². The Hall–Kier alpha value is -3.55. The van der Waals surface area contributed by atoms with Crippen LogP contribution in [0.2, 0.25) is 5.02 Å². The molecule has 0 aromatic heterocycles. The molecule has 0 spiro atoms. The Morgan fingerprint density at radius 3 is 2.51 bits per heavy atom. The molecule has 0 aliphatic carbocycles. The van der Waals surface area contributed by atoms with Gasteiger partial charge in [-0.2, -0.15) is 0 Å². The monoisotopic (exact) mass is 505 g/mol. The van der Waals surface area contributed by atoms with Crippen molar-refractivity contribution in [3.63, 3.8) is 0 Å². The van der Waals surface area contributed by atoms with Gasteiger partial charge < -0.3 is 9.64 Å². The minimum atomic E-state index is -3.75. The summed E-state index contributed by atoms with van der Waals surface area (Å²) in [6.07, 6.45) is 6.26. The Balaban J connectivity index is 1.31. The van der Waals surface area contributed by atoms with Crippen molar-refractivity contribution in [3.05, 3.63) is 113 Å². The fourth-order valence-electron chi connectivity index (χ4n) is 4.01. The Morgan fingerprint density at radius 2 is 1.74 bits per heavy atom. The highest BCUT2D eigenvalue weighted by Gasteiger charge is 2.34. The highest BCUT2D eigenvalue weighted by atomic mass is 35.5. The third-order valence-corrected chi connectivity index (χ3v) is 8.01. The van der Waals surface area contributed by atoms with E-state index in [-0.39, 0.29) is 4.90 Å². The molecule has 0 amide bonds. The number of sulfonamides is 1. The number of ether oxygens (including phenoxy) is 1. The number of aliphatic imine (C=N–C) groups is 1. The largest absolute Gasteiger partial charge is 0.489 e. The SMILES string of the molecule is CN1C2=CC=CN(CCc3ccc(OCc4ccccc4)cc3)C2=Nc2cc(Cl)ccc2S1(=O)=O. The average molecular weight is 506 g/mol. The van der Waals surface area contributed by atoms with Crippen molar-refractivity contribution in [3.8, 4) is 5.75 Å². The molecular weight excluding hydrogens is 482 g/mol. The molecule has 0 bridgehead atoms. The minimum absolute atomic E-state index is 0.137. The van der Waals surface area contributed by atoms with Gasteiger partial charge in [0.2, 0.25) is 0 Å². The summed E-state index contributed by atoms with van der Waals surface area (Å²) in [6, 6.07) is 22.7. The van der Waals surface area contributed by atoms with E-state index >= 15 is 0 Å². The van der Waals surface area contributed by atoms with Gasteiger partial charge in [0.15, 0.2) is 5.84 Å². The molecule has 0 saturated carbocycles. The number of halogens is 1. The number of benzene rings is 3. The minimum Gasteiger partial charge on any atom is -0.489 e. The quantitative estimate of drug-likeness (QED) is 0.441. The molecule has 0 fully saturated rings. The zero-order valence-electron chi connectivity index (χ0n) is 19.1. The van der Waals surface area contributed by atoms with Crippen molar-refractivity contribution < 1.29 is 13.2 Å². The maximum atomic E-state index is 13.2. The van der Waals surface area contributed by atoms with Crippen molar-refractivity contribution in [1.82, 2.24) is 9.21 Å². The van der Waals surface area contributed by atoms with Crippen LogP contribution < -0.4 is 4.74 Å². The topological polar surface area (TPSA) is 62.2 Å². The van der Waals surface area contributed by atoms with Crippen LogP contribution in [0.1, 0.15) is 11.1 Å². The maximum Gasteiger partial charge on any atom is 0.266 e. The molecule has 2 aliphatic heterocycles. The molecule has 3 aromatic rings. The van der Waals surface area contributed by atoms with Crippen LogP contribution in [0.5, 0.6) is 5.75 Å². The second kappa shape index (κ2) is 9.60. The molecule has 0 saturated heterocycles. The third-order valence-electron chi connectivity index (χ3n) is 5.96. The van der Waals surface area contributed by atoms with Gasteiger partial charge in [-0.25, -0.2) is 13.4 Å². The average Bonchev–Trinajstić information content (AvgIpc) is 2.95. The lowest BCUT2D eigenvalue weighted by Gasteiger charge is -2.29. The lowest BCUT2D eigenvalue weighted by atomic mass is 10.1. The predicted molar refractivity (Wildman–Crippen MR) is 138 cm³/mol. The second-order valence-electron chi connectivity index (χ2n) is 8.28. The van der Waals surface area contributed by atoms with Crippen molar-refractivity contribution >= 4 is 33.1 Å². The van der Waals surface area contributed by atoms with Crippen LogP contribution in [0.3, 0.4) is 0 Å². The second-order valence-corrected chi connectivity index (χ2v) is 10.6. The molecule has 0 radical (unpaired) electrons. The number of fused-ring (bicyclic) bond motifs is 2. The van der Waals surface area contributed by atoms with E-state index in [1.807, 2.05) is 71.8 Å². The Labute approximate surface area is 210 Å². The fourth-order valence-corrected chi connectivity index (χ4v) is 5.48. The van der Waals surface area contributed by atoms with E-state index in [0.29, 0.717) is 35.4 Å². The molecule has 3 aromatic carbocycles. The number of rotatable bonds is 6. The standard InChI is InChI=1S/C27H24ClN3O3S/c1-30-25-8-5-16-31(27(25)29-24-18-22(28)11-14-26(24)35(30,32)33)17-15-20-9-12-23(13-10-20)34-19-21-6-3-2-4-7-21/h2-14,16,18H,15,17,19H2,1H3. The number of likely N-dealkylation sites (N-methyl/N-ethyl adjacent to an activating group) is 1. The number of allylic oxidation sites excluding steroid dienone is 2. The van der Waals surface area contributed by atoms with Crippen LogP contribution in [0.25, 0.3) is 0 Å². The first-order chi connectivity index (χ1) is 16.9. The summed E-state index contributed by atoms with van der Waals surface area (Å²) in [6.45, 7) is 1.15. The van der Waals surface area contributed by atoms with Gasteiger partial charge in [-0.15, -0.1) is 0 Å². The van der Waals surface area contributed by atoms with Gasteiger partial charge in [0.25, 0.3) is 10.0 Å². The van der Waals surface area contributed by atoms with E-state index in [4.69, 9.17) is 21.3 Å². The normalized spacial score (nSPS) is 16.1. The summed E-state index contributed by atoms with van der Waals surface area (Å²) in [5, 5.41) is 0.436. The summed E-state index contributed by atoms with van der Waals surface area (Å²) < 4.78 is 33.5.